The number of aryl methyl sites for hydroxylation is 1. The van der Waals surface area contributed by atoms with Crippen molar-refractivity contribution in [1.29, 1.82) is 0 Å². The second kappa shape index (κ2) is 4.97. The van der Waals surface area contributed by atoms with Crippen molar-refractivity contribution in [2.75, 3.05) is 0 Å². The molecule has 2 heteroatoms. The summed E-state index contributed by atoms with van der Waals surface area (Å²) in [5, 5.41) is 10.9. The van der Waals surface area contributed by atoms with E-state index in [1.54, 1.807) is 0 Å². The molecule has 1 aliphatic carbocycles. The van der Waals surface area contributed by atoms with E-state index in [0.717, 1.165) is 32.1 Å². The maximum atomic E-state index is 10.9. The van der Waals surface area contributed by atoms with Crippen molar-refractivity contribution in [2.45, 2.75) is 65.4 Å². The second-order valence-corrected chi connectivity index (χ2v) is 8.02. The number of thiophene rings is 1. The molecule has 1 heterocycles. The minimum absolute atomic E-state index is 0.397. The molecule has 1 aromatic rings. The molecule has 0 saturated heterocycles. The first kappa shape index (κ1) is 14.1. The fraction of sp³-hybridized carbons (Fsp3) is 0.750. The molecule has 0 spiro atoms. The Kier molecular flexibility index (Phi) is 3.89. The highest BCUT2D eigenvalue weighted by molar-refractivity contribution is 7.12. The van der Waals surface area contributed by atoms with Crippen LogP contribution >= 0.6 is 11.3 Å². The third-order valence-electron chi connectivity index (χ3n) is 4.56. The van der Waals surface area contributed by atoms with Gasteiger partial charge >= 0.3 is 0 Å². The lowest BCUT2D eigenvalue weighted by atomic mass is 9.64. The zero-order chi connectivity index (χ0) is 13.4. The van der Waals surface area contributed by atoms with E-state index in [9.17, 15) is 5.11 Å². The number of hydrogen-bond donors (Lipinski definition) is 1. The molecule has 0 bridgehead atoms. The standard InChI is InChI=1S/C16H26OS/c1-5-13-6-7-14(18-13)11-16(17)9-8-15(3,4)10-12(16)2/h6-7,12,17H,5,8-11H2,1-4H3. The van der Waals surface area contributed by atoms with Crippen molar-refractivity contribution in [2.24, 2.45) is 11.3 Å². The summed E-state index contributed by atoms with van der Waals surface area (Å²) in [4.78, 5) is 2.78. The zero-order valence-corrected chi connectivity index (χ0v) is 12.9. The SMILES string of the molecule is CCc1ccc(CC2(O)CCC(C)(C)CC2C)s1. The molecule has 0 amide bonds. The van der Waals surface area contributed by atoms with Crippen molar-refractivity contribution in [3.05, 3.63) is 21.9 Å². The van der Waals surface area contributed by atoms with Crippen LogP contribution in [-0.4, -0.2) is 10.7 Å². The maximum Gasteiger partial charge on any atom is 0.0721 e. The first-order chi connectivity index (χ1) is 8.35. The van der Waals surface area contributed by atoms with E-state index in [2.05, 4.69) is 39.8 Å². The van der Waals surface area contributed by atoms with Gasteiger partial charge in [0.1, 0.15) is 0 Å². The highest BCUT2D eigenvalue weighted by Crippen LogP contribution is 2.45. The van der Waals surface area contributed by atoms with Crippen molar-refractivity contribution in [1.82, 2.24) is 0 Å². The van der Waals surface area contributed by atoms with Gasteiger partial charge in [0.05, 0.1) is 5.60 Å². The van der Waals surface area contributed by atoms with Gasteiger partial charge in [-0.15, -0.1) is 11.3 Å². The van der Waals surface area contributed by atoms with Crippen LogP contribution in [0.4, 0.5) is 0 Å². The number of hydrogen-bond acceptors (Lipinski definition) is 2. The molecule has 1 nitrogen and oxygen atoms in total. The average molecular weight is 266 g/mol. The molecule has 1 aromatic heterocycles. The van der Waals surface area contributed by atoms with Crippen LogP contribution in [0.25, 0.3) is 0 Å². The summed E-state index contributed by atoms with van der Waals surface area (Å²) < 4.78 is 0. The van der Waals surface area contributed by atoms with Crippen LogP contribution < -0.4 is 0 Å². The van der Waals surface area contributed by atoms with Crippen LogP contribution in [0, 0.1) is 11.3 Å². The van der Waals surface area contributed by atoms with E-state index in [1.807, 2.05) is 11.3 Å². The molecule has 102 valence electrons. The van der Waals surface area contributed by atoms with Crippen LogP contribution in [0.2, 0.25) is 0 Å². The summed E-state index contributed by atoms with van der Waals surface area (Å²) in [5.41, 5.74) is -0.0823. The van der Waals surface area contributed by atoms with E-state index in [0.29, 0.717) is 11.3 Å². The Morgan fingerprint density at radius 3 is 2.50 bits per heavy atom. The van der Waals surface area contributed by atoms with Gasteiger partial charge in [0.15, 0.2) is 0 Å². The average Bonchev–Trinajstić information content (AvgIpc) is 2.72. The lowest BCUT2D eigenvalue weighted by molar-refractivity contribution is -0.0699. The molecule has 18 heavy (non-hydrogen) atoms. The van der Waals surface area contributed by atoms with Crippen molar-refractivity contribution in [3.8, 4) is 0 Å². The molecule has 1 saturated carbocycles. The van der Waals surface area contributed by atoms with Gasteiger partial charge in [0.2, 0.25) is 0 Å². The summed E-state index contributed by atoms with van der Waals surface area (Å²) in [6.07, 6.45) is 5.16. The third kappa shape index (κ3) is 2.97. The molecule has 1 N–H and O–H groups in total. The van der Waals surface area contributed by atoms with Crippen LogP contribution in [0.3, 0.4) is 0 Å². The van der Waals surface area contributed by atoms with Gasteiger partial charge in [-0.05, 0) is 49.1 Å². The minimum atomic E-state index is -0.481. The van der Waals surface area contributed by atoms with E-state index < -0.39 is 5.60 Å². The van der Waals surface area contributed by atoms with Gasteiger partial charge < -0.3 is 5.11 Å². The van der Waals surface area contributed by atoms with Gasteiger partial charge in [-0.1, -0.05) is 27.7 Å². The molecule has 0 radical (unpaired) electrons. The van der Waals surface area contributed by atoms with Gasteiger partial charge in [-0.3, -0.25) is 0 Å². The largest absolute Gasteiger partial charge is 0.389 e. The highest BCUT2D eigenvalue weighted by Gasteiger charge is 2.42. The van der Waals surface area contributed by atoms with Crippen LogP contribution in [0.15, 0.2) is 12.1 Å². The zero-order valence-electron chi connectivity index (χ0n) is 12.1. The summed E-state index contributed by atoms with van der Waals surface area (Å²) >= 11 is 1.87. The second-order valence-electron chi connectivity index (χ2n) is 6.77. The van der Waals surface area contributed by atoms with Gasteiger partial charge in [-0.2, -0.15) is 0 Å². The Balaban J connectivity index is 2.07. The Labute approximate surface area is 115 Å². The molecule has 1 aliphatic rings. The van der Waals surface area contributed by atoms with Crippen molar-refractivity contribution in [3.63, 3.8) is 0 Å². The van der Waals surface area contributed by atoms with Gasteiger partial charge in [-0.25, -0.2) is 0 Å². The van der Waals surface area contributed by atoms with Gasteiger partial charge in [0.25, 0.3) is 0 Å². The quantitative estimate of drug-likeness (QED) is 0.858. The first-order valence-corrected chi connectivity index (χ1v) is 7.96. The topological polar surface area (TPSA) is 20.2 Å². The third-order valence-corrected chi connectivity index (χ3v) is 5.79. The van der Waals surface area contributed by atoms with E-state index in [1.165, 1.54) is 9.75 Å². The summed E-state index contributed by atoms with van der Waals surface area (Å²) in [6.45, 7) is 9.05. The molecular formula is C16H26OS. The highest BCUT2D eigenvalue weighted by atomic mass is 32.1. The Bertz CT molecular complexity index is 407. The molecule has 2 rings (SSSR count). The lowest BCUT2D eigenvalue weighted by Gasteiger charge is -2.45. The minimum Gasteiger partial charge on any atom is -0.389 e. The van der Waals surface area contributed by atoms with Crippen LogP contribution in [-0.2, 0) is 12.8 Å². The summed E-state index contributed by atoms with van der Waals surface area (Å²) in [7, 11) is 0. The molecule has 2 unspecified atom stereocenters. The smallest absolute Gasteiger partial charge is 0.0721 e. The van der Waals surface area contributed by atoms with Crippen LogP contribution in [0.5, 0.6) is 0 Å². The number of rotatable bonds is 3. The van der Waals surface area contributed by atoms with E-state index >= 15 is 0 Å². The Morgan fingerprint density at radius 2 is 1.94 bits per heavy atom. The Hall–Kier alpha value is -0.340. The summed E-state index contributed by atoms with van der Waals surface area (Å²) in [5.74, 6) is 0.397. The molecule has 0 aromatic carbocycles. The lowest BCUT2D eigenvalue weighted by Crippen LogP contribution is -2.45. The van der Waals surface area contributed by atoms with Crippen LogP contribution in [0.1, 0.15) is 56.7 Å². The van der Waals surface area contributed by atoms with E-state index in [4.69, 9.17) is 0 Å². The molecule has 1 fully saturated rings. The van der Waals surface area contributed by atoms with Gasteiger partial charge in [0, 0.05) is 16.2 Å². The van der Waals surface area contributed by atoms with E-state index in [-0.39, 0.29) is 0 Å². The summed E-state index contributed by atoms with van der Waals surface area (Å²) in [6, 6.07) is 4.41. The fourth-order valence-corrected chi connectivity index (χ4v) is 4.27. The maximum absolute atomic E-state index is 10.9. The van der Waals surface area contributed by atoms with Crippen molar-refractivity contribution >= 4 is 11.3 Å². The Morgan fingerprint density at radius 1 is 1.28 bits per heavy atom. The molecule has 2 atom stereocenters. The molecule has 0 aliphatic heterocycles. The predicted molar refractivity (Wildman–Crippen MR) is 79.1 cm³/mol. The fourth-order valence-electron chi connectivity index (χ4n) is 3.19. The first-order valence-electron chi connectivity index (χ1n) is 7.15. The molecular weight excluding hydrogens is 240 g/mol. The predicted octanol–water partition coefficient (Wildman–Crippen LogP) is 4.43. The monoisotopic (exact) mass is 266 g/mol. The normalized spacial score (nSPS) is 31.5. The van der Waals surface area contributed by atoms with Crippen molar-refractivity contribution < 1.29 is 5.11 Å². The number of aliphatic hydroxyl groups is 1.